The fourth-order valence-corrected chi connectivity index (χ4v) is 2.80. The zero-order valence-corrected chi connectivity index (χ0v) is 9.95. The van der Waals surface area contributed by atoms with Crippen molar-refractivity contribution in [3.8, 4) is 0 Å². The number of carbonyl (C=O) groups is 1. The number of amides is 1. The van der Waals surface area contributed by atoms with Gasteiger partial charge in [0.2, 0.25) is 5.91 Å². The zero-order valence-electron chi connectivity index (χ0n) is 9.95. The SMILES string of the molecule is CC1CCCC1NCC1CCC(C(N)=O)O1. The standard InChI is InChI=1S/C12H22N2O2/c1-8-3-2-4-10(8)14-7-9-5-6-11(16-9)12(13)15/h8-11,14H,2-7H2,1H3,(H2,13,15). The number of nitrogens with one attached hydrogen (secondary N) is 1. The molecule has 1 saturated carbocycles. The van der Waals surface area contributed by atoms with E-state index in [9.17, 15) is 4.79 Å². The van der Waals surface area contributed by atoms with Crippen LogP contribution in [0.5, 0.6) is 0 Å². The lowest BCUT2D eigenvalue weighted by Crippen LogP contribution is -2.38. The Balaban J connectivity index is 1.69. The second-order valence-electron chi connectivity index (χ2n) is 5.15. The Morgan fingerprint density at radius 1 is 1.38 bits per heavy atom. The Kier molecular flexibility index (Phi) is 3.82. The van der Waals surface area contributed by atoms with Gasteiger partial charge in [0.05, 0.1) is 6.10 Å². The van der Waals surface area contributed by atoms with E-state index in [4.69, 9.17) is 10.5 Å². The molecule has 92 valence electrons. The Morgan fingerprint density at radius 2 is 2.19 bits per heavy atom. The van der Waals surface area contributed by atoms with Crippen molar-refractivity contribution in [2.24, 2.45) is 11.7 Å². The largest absolute Gasteiger partial charge is 0.367 e. The monoisotopic (exact) mass is 226 g/mol. The first-order chi connectivity index (χ1) is 7.66. The summed E-state index contributed by atoms with van der Waals surface area (Å²) in [5.74, 6) is 0.449. The molecule has 0 bridgehead atoms. The van der Waals surface area contributed by atoms with Crippen molar-refractivity contribution in [3.05, 3.63) is 0 Å². The smallest absolute Gasteiger partial charge is 0.246 e. The predicted molar refractivity (Wildman–Crippen MR) is 61.9 cm³/mol. The number of rotatable bonds is 4. The third-order valence-corrected chi connectivity index (χ3v) is 3.89. The maximum Gasteiger partial charge on any atom is 0.246 e. The van der Waals surface area contributed by atoms with Gasteiger partial charge in [0.15, 0.2) is 0 Å². The summed E-state index contributed by atoms with van der Waals surface area (Å²) < 4.78 is 5.58. The van der Waals surface area contributed by atoms with Crippen LogP contribution in [-0.4, -0.2) is 30.7 Å². The van der Waals surface area contributed by atoms with Crippen LogP contribution in [0, 0.1) is 5.92 Å². The summed E-state index contributed by atoms with van der Waals surface area (Å²) in [4.78, 5) is 10.9. The lowest BCUT2D eigenvalue weighted by Gasteiger charge is -2.20. The molecule has 1 heterocycles. The molecule has 4 unspecified atom stereocenters. The van der Waals surface area contributed by atoms with Gasteiger partial charge in [-0.2, -0.15) is 0 Å². The van der Waals surface area contributed by atoms with Crippen LogP contribution in [0.25, 0.3) is 0 Å². The van der Waals surface area contributed by atoms with Crippen LogP contribution in [0.15, 0.2) is 0 Å². The molecule has 2 aliphatic rings. The summed E-state index contributed by atoms with van der Waals surface area (Å²) >= 11 is 0. The van der Waals surface area contributed by atoms with E-state index in [0.29, 0.717) is 6.04 Å². The van der Waals surface area contributed by atoms with Gasteiger partial charge in [-0.1, -0.05) is 13.3 Å². The molecule has 4 atom stereocenters. The molecule has 3 N–H and O–H groups in total. The van der Waals surface area contributed by atoms with Crippen molar-refractivity contribution in [1.82, 2.24) is 5.32 Å². The molecular formula is C12H22N2O2. The van der Waals surface area contributed by atoms with E-state index in [1.807, 2.05) is 0 Å². The third kappa shape index (κ3) is 2.74. The van der Waals surface area contributed by atoms with E-state index in [2.05, 4.69) is 12.2 Å². The summed E-state index contributed by atoms with van der Waals surface area (Å²) in [5, 5.41) is 3.56. The second-order valence-corrected chi connectivity index (χ2v) is 5.15. The van der Waals surface area contributed by atoms with Crippen molar-refractivity contribution < 1.29 is 9.53 Å². The predicted octanol–water partition coefficient (Wildman–Crippen LogP) is 0.797. The highest BCUT2D eigenvalue weighted by Gasteiger charge is 2.30. The molecule has 4 heteroatoms. The van der Waals surface area contributed by atoms with Crippen LogP contribution in [0.3, 0.4) is 0 Å². The number of hydrogen-bond acceptors (Lipinski definition) is 3. The molecule has 2 rings (SSSR count). The van der Waals surface area contributed by atoms with Crippen molar-refractivity contribution in [2.75, 3.05) is 6.54 Å². The molecule has 2 fully saturated rings. The maximum absolute atomic E-state index is 10.9. The third-order valence-electron chi connectivity index (χ3n) is 3.89. The Hall–Kier alpha value is -0.610. The molecule has 1 aliphatic heterocycles. The average Bonchev–Trinajstić information content (AvgIpc) is 2.83. The summed E-state index contributed by atoms with van der Waals surface area (Å²) in [5.41, 5.74) is 5.22. The minimum absolute atomic E-state index is 0.172. The first-order valence-electron chi connectivity index (χ1n) is 6.35. The lowest BCUT2D eigenvalue weighted by atomic mass is 10.1. The molecule has 16 heavy (non-hydrogen) atoms. The quantitative estimate of drug-likeness (QED) is 0.745. The molecule has 0 aromatic carbocycles. The summed E-state index contributed by atoms with van der Waals surface area (Å²) in [6, 6.07) is 0.635. The molecule has 0 aromatic rings. The maximum atomic E-state index is 10.9. The van der Waals surface area contributed by atoms with Gasteiger partial charge in [-0.15, -0.1) is 0 Å². The summed E-state index contributed by atoms with van der Waals surface area (Å²) in [6.07, 6.45) is 5.47. The zero-order chi connectivity index (χ0) is 11.5. The van der Waals surface area contributed by atoms with E-state index in [0.717, 1.165) is 25.3 Å². The van der Waals surface area contributed by atoms with Gasteiger partial charge >= 0.3 is 0 Å². The highest BCUT2D eigenvalue weighted by atomic mass is 16.5. The van der Waals surface area contributed by atoms with Gasteiger partial charge in [-0.3, -0.25) is 4.79 Å². The Labute approximate surface area is 96.9 Å². The highest BCUT2D eigenvalue weighted by molar-refractivity contribution is 5.79. The minimum atomic E-state index is -0.354. The van der Waals surface area contributed by atoms with Gasteiger partial charge < -0.3 is 15.8 Å². The molecule has 1 saturated heterocycles. The molecule has 1 aliphatic carbocycles. The van der Waals surface area contributed by atoms with Crippen LogP contribution < -0.4 is 11.1 Å². The van der Waals surface area contributed by atoms with Crippen LogP contribution in [0.1, 0.15) is 39.0 Å². The van der Waals surface area contributed by atoms with Crippen molar-refractivity contribution in [2.45, 2.75) is 57.3 Å². The first kappa shape index (κ1) is 11.9. The van der Waals surface area contributed by atoms with Crippen molar-refractivity contribution >= 4 is 5.91 Å². The molecule has 0 spiro atoms. The number of ether oxygens (including phenoxy) is 1. The minimum Gasteiger partial charge on any atom is -0.367 e. The van der Waals surface area contributed by atoms with Crippen LogP contribution >= 0.6 is 0 Å². The van der Waals surface area contributed by atoms with Gasteiger partial charge in [-0.05, 0) is 31.6 Å². The van der Waals surface area contributed by atoms with Gasteiger partial charge in [0, 0.05) is 12.6 Å². The number of hydrogen-bond donors (Lipinski definition) is 2. The number of primary amides is 1. The van der Waals surface area contributed by atoms with Gasteiger partial charge in [0.25, 0.3) is 0 Å². The van der Waals surface area contributed by atoms with Gasteiger partial charge in [0.1, 0.15) is 6.10 Å². The number of nitrogens with two attached hydrogens (primary N) is 1. The molecule has 4 nitrogen and oxygen atoms in total. The van der Waals surface area contributed by atoms with E-state index in [-0.39, 0.29) is 18.1 Å². The normalized spacial score (nSPS) is 39.1. The topological polar surface area (TPSA) is 64.3 Å². The summed E-state index contributed by atoms with van der Waals surface area (Å²) in [6.45, 7) is 3.16. The fraction of sp³-hybridized carbons (Fsp3) is 0.917. The molecule has 1 amide bonds. The average molecular weight is 226 g/mol. The van der Waals surface area contributed by atoms with Crippen LogP contribution in [-0.2, 0) is 9.53 Å². The number of carbonyl (C=O) groups excluding carboxylic acids is 1. The Morgan fingerprint density at radius 3 is 2.75 bits per heavy atom. The van der Waals surface area contributed by atoms with Gasteiger partial charge in [-0.25, -0.2) is 0 Å². The highest BCUT2D eigenvalue weighted by Crippen LogP contribution is 2.25. The van der Waals surface area contributed by atoms with E-state index >= 15 is 0 Å². The van der Waals surface area contributed by atoms with Crippen molar-refractivity contribution in [3.63, 3.8) is 0 Å². The molecular weight excluding hydrogens is 204 g/mol. The first-order valence-corrected chi connectivity index (χ1v) is 6.35. The molecule has 0 aromatic heterocycles. The summed E-state index contributed by atoms with van der Waals surface area (Å²) in [7, 11) is 0. The fourth-order valence-electron chi connectivity index (χ4n) is 2.80. The Bertz CT molecular complexity index is 257. The van der Waals surface area contributed by atoms with E-state index in [1.165, 1.54) is 19.3 Å². The van der Waals surface area contributed by atoms with Crippen LogP contribution in [0.2, 0.25) is 0 Å². The van der Waals surface area contributed by atoms with E-state index in [1.54, 1.807) is 0 Å². The lowest BCUT2D eigenvalue weighted by molar-refractivity contribution is -0.128. The van der Waals surface area contributed by atoms with E-state index < -0.39 is 0 Å². The second kappa shape index (κ2) is 5.15. The van der Waals surface area contributed by atoms with Crippen LogP contribution in [0.4, 0.5) is 0 Å². The van der Waals surface area contributed by atoms with Crippen molar-refractivity contribution in [1.29, 1.82) is 0 Å². The molecule has 0 radical (unpaired) electrons.